The van der Waals surface area contributed by atoms with Gasteiger partial charge in [-0.3, -0.25) is 0 Å². The summed E-state index contributed by atoms with van der Waals surface area (Å²) in [7, 11) is 0. The molecule has 76 valence electrons. The first-order valence-electron chi connectivity index (χ1n) is 3.90. The molecule has 0 heterocycles. The molecule has 0 bridgehead atoms. The van der Waals surface area contributed by atoms with Gasteiger partial charge in [0.25, 0.3) is 0 Å². The maximum Gasteiger partial charge on any atom is 0.342 e. The van der Waals surface area contributed by atoms with Gasteiger partial charge in [-0.1, -0.05) is 23.7 Å². The molecule has 1 aromatic rings. The zero-order valence-corrected chi connectivity index (χ0v) is 7.94. The zero-order chi connectivity index (χ0) is 10.6. The number of aliphatic hydroxyl groups is 2. The quantitative estimate of drug-likeness (QED) is 0.574. The molecule has 0 fully saturated rings. The van der Waals surface area contributed by atoms with Gasteiger partial charge in [-0.2, -0.15) is 0 Å². The highest BCUT2D eigenvalue weighted by molar-refractivity contribution is 6.32. The summed E-state index contributed by atoms with van der Waals surface area (Å²) in [5.74, 6) is -0.771. The van der Waals surface area contributed by atoms with Crippen molar-refractivity contribution in [3.8, 4) is 5.75 Å². The Morgan fingerprint density at radius 3 is 2.71 bits per heavy atom. The predicted octanol–water partition coefficient (Wildman–Crippen LogP) is 0.599. The van der Waals surface area contributed by atoms with E-state index in [2.05, 4.69) is 0 Å². The van der Waals surface area contributed by atoms with Crippen LogP contribution in [0, 0.1) is 0 Å². The Morgan fingerprint density at radius 2 is 2.14 bits per heavy atom. The Bertz CT molecular complexity index is 326. The average molecular weight is 217 g/mol. The molecule has 1 unspecified atom stereocenters. The minimum Gasteiger partial charge on any atom is -0.423 e. The minimum absolute atomic E-state index is 0.159. The zero-order valence-electron chi connectivity index (χ0n) is 7.18. The van der Waals surface area contributed by atoms with E-state index in [0.29, 0.717) is 0 Å². The molecule has 2 N–H and O–H groups in total. The third-order valence-electron chi connectivity index (χ3n) is 1.49. The Kier molecular flexibility index (Phi) is 3.88. The lowest BCUT2D eigenvalue weighted by atomic mass is 10.3. The number of halogens is 1. The van der Waals surface area contributed by atoms with Gasteiger partial charge in [0.2, 0.25) is 0 Å². The summed E-state index contributed by atoms with van der Waals surface area (Å²) in [6.07, 6.45) is -1.54. The number of ether oxygens (including phenoxy) is 1. The molecule has 0 radical (unpaired) electrons. The average Bonchev–Trinajstić information content (AvgIpc) is 2.20. The second-order valence-electron chi connectivity index (χ2n) is 2.55. The maximum absolute atomic E-state index is 11.0. The second kappa shape index (κ2) is 4.95. The first-order chi connectivity index (χ1) is 6.65. The van der Waals surface area contributed by atoms with Crippen LogP contribution in [0.15, 0.2) is 24.3 Å². The standard InChI is InChI=1S/C9H9ClO4/c10-6-3-1-2-4-8(6)14-9(13)7(12)5-11/h1-4,7,11-12H,5H2. The number of rotatable bonds is 3. The van der Waals surface area contributed by atoms with E-state index in [1.54, 1.807) is 18.2 Å². The Morgan fingerprint density at radius 1 is 1.50 bits per heavy atom. The number of hydrogen-bond donors (Lipinski definition) is 2. The van der Waals surface area contributed by atoms with Crippen LogP contribution in [0.5, 0.6) is 5.75 Å². The van der Waals surface area contributed by atoms with Crippen molar-refractivity contribution in [1.82, 2.24) is 0 Å². The molecule has 0 aliphatic carbocycles. The van der Waals surface area contributed by atoms with Gasteiger partial charge in [-0.05, 0) is 12.1 Å². The highest BCUT2D eigenvalue weighted by Gasteiger charge is 2.16. The van der Waals surface area contributed by atoms with Gasteiger partial charge in [0.15, 0.2) is 6.10 Å². The third-order valence-corrected chi connectivity index (χ3v) is 1.80. The first kappa shape index (κ1) is 11.0. The van der Waals surface area contributed by atoms with E-state index < -0.39 is 18.7 Å². The molecule has 0 amide bonds. The van der Waals surface area contributed by atoms with E-state index in [0.717, 1.165) is 0 Å². The van der Waals surface area contributed by atoms with Crippen LogP contribution in [-0.2, 0) is 4.79 Å². The van der Waals surface area contributed by atoms with Gasteiger partial charge < -0.3 is 14.9 Å². The van der Waals surface area contributed by atoms with Crippen LogP contribution in [-0.4, -0.2) is 28.9 Å². The molecular weight excluding hydrogens is 208 g/mol. The van der Waals surface area contributed by atoms with Crippen molar-refractivity contribution in [3.05, 3.63) is 29.3 Å². The summed E-state index contributed by atoms with van der Waals surface area (Å²) in [5.41, 5.74) is 0. The summed E-state index contributed by atoms with van der Waals surface area (Å²) in [6.45, 7) is -0.677. The second-order valence-corrected chi connectivity index (χ2v) is 2.96. The minimum atomic E-state index is -1.54. The summed E-state index contributed by atoms with van der Waals surface area (Å²) >= 11 is 5.69. The molecule has 5 heteroatoms. The van der Waals surface area contributed by atoms with E-state index >= 15 is 0 Å². The Labute approximate surface area is 85.7 Å². The summed E-state index contributed by atoms with van der Waals surface area (Å²) < 4.78 is 4.72. The SMILES string of the molecule is O=C(Oc1ccccc1Cl)C(O)CO. The van der Waals surface area contributed by atoms with Crippen molar-refractivity contribution in [2.75, 3.05) is 6.61 Å². The highest BCUT2D eigenvalue weighted by atomic mass is 35.5. The van der Waals surface area contributed by atoms with Crippen LogP contribution in [0.2, 0.25) is 5.02 Å². The molecule has 1 atom stereocenters. The third kappa shape index (κ3) is 2.70. The number of hydrogen-bond acceptors (Lipinski definition) is 4. The maximum atomic E-state index is 11.0. The molecule has 1 rings (SSSR count). The van der Waals surface area contributed by atoms with Gasteiger partial charge >= 0.3 is 5.97 Å². The fraction of sp³-hybridized carbons (Fsp3) is 0.222. The Balaban J connectivity index is 2.70. The van der Waals surface area contributed by atoms with Crippen molar-refractivity contribution in [2.24, 2.45) is 0 Å². The van der Waals surface area contributed by atoms with Gasteiger partial charge in [-0.25, -0.2) is 4.79 Å². The van der Waals surface area contributed by atoms with Crippen LogP contribution >= 0.6 is 11.6 Å². The monoisotopic (exact) mass is 216 g/mol. The van der Waals surface area contributed by atoms with Gasteiger partial charge in [0.05, 0.1) is 11.6 Å². The topological polar surface area (TPSA) is 66.8 Å². The van der Waals surface area contributed by atoms with Gasteiger partial charge in [0, 0.05) is 0 Å². The smallest absolute Gasteiger partial charge is 0.342 e. The number of carbonyl (C=O) groups is 1. The summed E-state index contributed by atoms with van der Waals surface area (Å²) in [4.78, 5) is 11.0. The van der Waals surface area contributed by atoms with Crippen molar-refractivity contribution >= 4 is 17.6 Å². The highest BCUT2D eigenvalue weighted by Crippen LogP contribution is 2.23. The van der Waals surface area contributed by atoms with Crippen molar-refractivity contribution in [3.63, 3.8) is 0 Å². The van der Waals surface area contributed by atoms with Crippen molar-refractivity contribution in [2.45, 2.75) is 6.10 Å². The fourth-order valence-electron chi connectivity index (χ4n) is 0.778. The molecular formula is C9H9ClO4. The van der Waals surface area contributed by atoms with Gasteiger partial charge in [-0.15, -0.1) is 0 Å². The van der Waals surface area contributed by atoms with Crippen molar-refractivity contribution < 1.29 is 19.7 Å². The number of benzene rings is 1. The lowest BCUT2D eigenvalue weighted by Crippen LogP contribution is -2.28. The molecule has 0 aromatic heterocycles. The van der Waals surface area contributed by atoms with E-state index in [-0.39, 0.29) is 10.8 Å². The van der Waals surface area contributed by atoms with E-state index in [1.165, 1.54) is 6.07 Å². The number of para-hydroxylation sites is 1. The van der Waals surface area contributed by atoms with Crippen LogP contribution in [0.4, 0.5) is 0 Å². The molecule has 0 spiro atoms. The largest absolute Gasteiger partial charge is 0.423 e. The lowest BCUT2D eigenvalue weighted by molar-refractivity contribution is -0.145. The molecule has 0 aliphatic rings. The molecule has 0 saturated carbocycles. The van der Waals surface area contributed by atoms with Crippen molar-refractivity contribution in [1.29, 1.82) is 0 Å². The van der Waals surface area contributed by atoms with Crippen LogP contribution in [0.3, 0.4) is 0 Å². The van der Waals surface area contributed by atoms with E-state index in [1.807, 2.05) is 0 Å². The number of aliphatic hydroxyl groups excluding tert-OH is 2. The fourth-order valence-corrected chi connectivity index (χ4v) is 0.953. The summed E-state index contributed by atoms with van der Waals surface area (Å²) in [5, 5.41) is 17.6. The Hall–Kier alpha value is -1.10. The van der Waals surface area contributed by atoms with Crippen LogP contribution < -0.4 is 4.74 Å². The molecule has 14 heavy (non-hydrogen) atoms. The van der Waals surface area contributed by atoms with E-state index in [4.69, 9.17) is 26.6 Å². The first-order valence-corrected chi connectivity index (χ1v) is 4.28. The molecule has 0 aliphatic heterocycles. The lowest BCUT2D eigenvalue weighted by Gasteiger charge is -2.08. The van der Waals surface area contributed by atoms with E-state index in [9.17, 15) is 4.79 Å². The van der Waals surface area contributed by atoms with Crippen LogP contribution in [0.1, 0.15) is 0 Å². The molecule has 1 aromatic carbocycles. The normalized spacial score (nSPS) is 12.2. The number of esters is 1. The van der Waals surface area contributed by atoms with Gasteiger partial charge in [0.1, 0.15) is 5.75 Å². The van der Waals surface area contributed by atoms with Crippen LogP contribution in [0.25, 0.3) is 0 Å². The molecule has 4 nitrogen and oxygen atoms in total. The number of carbonyl (C=O) groups excluding carboxylic acids is 1. The summed E-state index contributed by atoms with van der Waals surface area (Å²) in [6, 6.07) is 6.36. The predicted molar refractivity (Wildman–Crippen MR) is 50.2 cm³/mol. The molecule has 0 saturated heterocycles.